The van der Waals surface area contributed by atoms with Gasteiger partial charge < -0.3 is 9.64 Å². The van der Waals surface area contributed by atoms with Gasteiger partial charge in [-0.2, -0.15) is 10.1 Å². The van der Waals surface area contributed by atoms with Crippen molar-refractivity contribution in [1.29, 1.82) is 0 Å². The van der Waals surface area contributed by atoms with Gasteiger partial charge in [-0.25, -0.2) is 4.98 Å². The quantitative estimate of drug-likeness (QED) is 0.719. The van der Waals surface area contributed by atoms with Crippen LogP contribution in [0.4, 0.5) is 5.95 Å². The van der Waals surface area contributed by atoms with Crippen molar-refractivity contribution in [3.05, 3.63) is 12.4 Å². The Morgan fingerprint density at radius 3 is 3.07 bits per heavy atom. The van der Waals surface area contributed by atoms with Gasteiger partial charge in [-0.05, 0) is 0 Å². The van der Waals surface area contributed by atoms with E-state index in [1.807, 2.05) is 0 Å². The van der Waals surface area contributed by atoms with Crippen molar-refractivity contribution in [2.24, 2.45) is 0 Å². The third-order valence-electron chi connectivity index (χ3n) is 2.47. The molecule has 0 atom stereocenters. The van der Waals surface area contributed by atoms with E-state index >= 15 is 0 Å². The third kappa shape index (κ3) is 1.52. The number of fused-ring (bicyclic) bond motifs is 1. The first kappa shape index (κ1) is 8.60. The lowest BCUT2D eigenvalue weighted by molar-refractivity contribution is 0.122. The predicted octanol–water partition coefficient (Wildman–Crippen LogP) is 0.189. The minimum Gasteiger partial charge on any atom is -0.378 e. The van der Waals surface area contributed by atoms with E-state index in [9.17, 15) is 0 Å². The molecule has 15 heavy (non-hydrogen) atoms. The fourth-order valence-electron chi connectivity index (χ4n) is 1.64. The van der Waals surface area contributed by atoms with Crippen LogP contribution < -0.4 is 4.90 Å². The summed E-state index contributed by atoms with van der Waals surface area (Å²) >= 11 is 0. The Hall–Kier alpha value is -1.69. The number of anilines is 1. The summed E-state index contributed by atoms with van der Waals surface area (Å²) in [6.07, 6.45) is 3.58. The van der Waals surface area contributed by atoms with Crippen LogP contribution in [0.2, 0.25) is 0 Å². The maximum absolute atomic E-state index is 5.27. The number of aromatic amines is 1. The molecule has 0 aromatic carbocycles. The number of rotatable bonds is 1. The maximum Gasteiger partial charge on any atom is 0.227 e. The summed E-state index contributed by atoms with van der Waals surface area (Å²) in [5.41, 5.74) is 0.714. The van der Waals surface area contributed by atoms with E-state index in [0.717, 1.165) is 37.6 Å². The molecule has 0 amide bonds. The van der Waals surface area contributed by atoms with Crippen molar-refractivity contribution in [3.8, 4) is 0 Å². The van der Waals surface area contributed by atoms with Gasteiger partial charge in [0.1, 0.15) is 0 Å². The molecule has 1 aliphatic rings. The zero-order chi connectivity index (χ0) is 10.1. The molecule has 0 radical (unpaired) electrons. The fourth-order valence-corrected chi connectivity index (χ4v) is 1.64. The van der Waals surface area contributed by atoms with Crippen molar-refractivity contribution in [3.63, 3.8) is 0 Å². The van der Waals surface area contributed by atoms with E-state index in [-0.39, 0.29) is 0 Å². The Bertz CT molecular complexity index is 462. The highest BCUT2D eigenvalue weighted by Crippen LogP contribution is 2.13. The first-order valence-electron chi connectivity index (χ1n) is 4.93. The largest absolute Gasteiger partial charge is 0.378 e. The summed E-state index contributed by atoms with van der Waals surface area (Å²) in [7, 11) is 0. The van der Waals surface area contributed by atoms with Crippen molar-refractivity contribution in [1.82, 2.24) is 20.2 Å². The Labute approximate surface area is 86.3 Å². The molecule has 3 heterocycles. The third-order valence-corrected chi connectivity index (χ3v) is 2.47. The molecule has 0 unspecified atom stereocenters. The molecule has 1 aliphatic heterocycles. The smallest absolute Gasteiger partial charge is 0.227 e. The van der Waals surface area contributed by atoms with Gasteiger partial charge in [0, 0.05) is 25.5 Å². The van der Waals surface area contributed by atoms with Gasteiger partial charge >= 0.3 is 0 Å². The van der Waals surface area contributed by atoms with E-state index in [1.54, 1.807) is 12.4 Å². The second-order valence-corrected chi connectivity index (χ2v) is 3.43. The molecule has 6 heteroatoms. The number of nitrogens with one attached hydrogen (secondary N) is 1. The highest BCUT2D eigenvalue weighted by Gasteiger charge is 2.14. The number of hydrogen-bond acceptors (Lipinski definition) is 5. The lowest BCUT2D eigenvalue weighted by Gasteiger charge is -2.26. The summed E-state index contributed by atoms with van der Waals surface area (Å²) in [6, 6.07) is 0. The van der Waals surface area contributed by atoms with Gasteiger partial charge in [-0.15, -0.1) is 0 Å². The second kappa shape index (κ2) is 3.47. The number of morpholine rings is 1. The molecule has 2 aromatic heterocycles. The number of ether oxygens (including phenoxy) is 1. The molecule has 78 valence electrons. The molecule has 3 rings (SSSR count). The molecule has 0 aliphatic carbocycles. The van der Waals surface area contributed by atoms with Gasteiger partial charge in [0.25, 0.3) is 0 Å². The Morgan fingerprint density at radius 1 is 1.33 bits per heavy atom. The molecule has 0 spiro atoms. The summed E-state index contributed by atoms with van der Waals surface area (Å²) in [5.74, 6) is 0.734. The molecule has 2 aromatic rings. The van der Waals surface area contributed by atoms with Gasteiger partial charge in [-0.3, -0.25) is 5.10 Å². The molecule has 1 N–H and O–H groups in total. The zero-order valence-electron chi connectivity index (χ0n) is 8.18. The lowest BCUT2D eigenvalue weighted by atomic mass is 10.4. The van der Waals surface area contributed by atoms with Gasteiger partial charge in [0.05, 0.1) is 18.6 Å². The molecule has 1 saturated heterocycles. The van der Waals surface area contributed by atoms with Crippen molar-refractivity contribution in [2.75, 3.05) is 31.2 Å². The van der Waals surface area contributed by atoms with E-state index in [0.29, 0.717) is 5.65 Å². The molecule has 0 bridgehead atoms. The minimum atomic E-state index is 0.714. The minimum absolute atomic E-state index is 0.714. The van der Waals surface area contributed by atoms with Crippen LogP contribution in [0.1, 0.15) is 0 Å². The second-order valence-electron chi connectivity index (χ2n) is 3.43. The molecular weight excluding hydrogens is 194 g/mol. The Balaban J connectivity index is 1.95. The molecule has 0 saturated carbocycles. The van der Waals surface area contributed by atoms with E-state index in [2.05, 4.69) is 25.1 Å². The standard InChI is InChI=1S/C9H11N5O/c1-3-15-4-2-14(1)9-10-5-7-6-11-13-8(7)12-9/h5-6H,1-4H2,(H,10,11,12,13). The van der Waals surface area contributed by atoms with E-state index < -0.39 is 0 Å². The predicted molar refractivity (Wildman–Crippen MR) is 54.7 cm³/mol. The van der Waals surface area contributed by atoms with Crippen molar-refractivity contribution >= 4 is 17.0 Å². The normalized spacial score (nSPS) is 17.2. The first-order chi connectivity index (χ1) is 7.43. The summed E-state index contributed by atoms with van der Waals surface area (Å²) in [5, 5.41) is 7.75. The highest BCUT2D eigenvalue weighted by atomic mass is 16.5. The SMILES string of the molecule is c1nc(N2CCOCC2)nc2n[nH]cc12. The van der Waals surface area contributed by atoms with Crippen LogP contribution >= 0.6 is 0 Å². The van der Waals surface area contributed by atoms with Crippen LogP contribution in [0, 0.1) is 0 Å². The highest BCUT2D eigenvalue weighted by molar-refractivity contribution is 5.73. The number of hydrogen-bond donors (Lipinski definition) is 1. The van der Waals surface area contributed by atoms with Crippen LogP contribution in [-0.4, -0.2) is 46.5 Å². The maximum atomic E-state index is 5.27. The van der Waals surface area contributed by atoms with Gasteiger partial charge in [-0.1, -0.05) is 0 Å². The zero-order valence-corrected chi connectivity index (χ0v) is 8.18. The number of H-pyrrole nitrogens is 1. The van der Waals surface area contributed by atoms with E-state index in [1.165, 1.54) is 0 Å². The Morgan fingerprint density at radius 2 is 2.20 bits per heavy atom. The summed E-state index contributed by atoms with van der Waals surface area (Å²) < 4.78 is 5.27. The average Bonchev–Trinajstić information content (AvgIpc) is 2.77. The summed E-state index contributed by atoms with van der Waals surface area (Å²) in [6.45, 7) is 3.16. The van der Waals surface area contributed by atoms with E-state index in [4.69, 9.17) is 4.74 Å². The van der Waals surface area contributed by atoms with Crippen molar-refractivity contribution in [2.45, 2.75) is 0 Å². The van der Waals surface area contributed by atoms with Crippen LogP contribution in [0.3, 0.4) is 0 Å². The van der Waals surface area contributed by atoms with Crippen LogP contribution in [0.15, 0.2) is 12.4 Å². The molecule has 6 nitrogen and oxygen atoms in total. The van der Waals surface area contributed by atoms with Crippen LogP contribution in [-0.2, 0) is 4.74 Å². The van der Waals surface area contributed by atoms with Crippen LogP contribution in [0.5, 0.6) is 0 Å². The first-order valence-corrected chi connectivity index (χ1v) is 4.93. The summed E-state index contributed by atoms with van der Waals surface area (Å²) in [4.78, 5) is 10.8. The van der Waals surface area contributed by atoms with Crippen LogP contribution in [0.25, 0.3) is 11.0 Å². The number of aromatic nitrogens is 4. The topological polar surface area (TPSA) is 66.9 Å². The molecular formula is C9H11N5O. The monoisotopic (exact) mass is 205 g/mol. The lowest BCUT2D eigenvalue weighted by Crippen LogP contribution is -2.37. The Kier molecular flexibility index (Phi) is 1.99. The van der Waals surface area contributed by atoms with Gasteiger partial charge in [0.15, 0.2) is 5.65 Å². The molecule has 1 fully saturated rings. The van der Waals surface area contributed by atoms with Gasteiger partial charge in [0.2, 0.25) is 5.95 Å². The fraction of sp³-hybridized carbons (Fsp3) is 0.444. The average molecular weight is 205 g/mol. The number of nitrogens with zero attached hydrogens (tertiary/aromatic N) is 4. The van der Waals surface area contributed by atoms with Crippen molar-refractivity contribution < 1.29 is 4.74 Å².